The van der Waals surface area contributed by atoms with E-state index in [1.54, 1.807) is 0 Å². The molecule has 9 aromatic carbocycles. The van der Waals surface area contributed by atoms with Crippen molar-refractivity contribution in [2.75, 3.05) is 4.90 Å². The van der Waals surface area contributed by atoms with Gasteiger partial charge in [0.1, 0.15) is 11.2 Å². The number of para-hydroxylation sites is 2. The molecule has 2 heterocycles. The van der Waals surface area contributed by atoms with Gasteiger partial charge in [-0.25, -0.2) is 0 Å². The van der Waals surface area contributed by atoms with Crippen LogP contribution < -0.4 is 4.90 Å². The molecule has 0 spiro atoms. The summed E-state index contributed by atoms with van der Waals surface area (Å²) < 4.78 is 9.09. The summed E-state index contributed by atoms with van der Waals surface area (Å²) in [7, 11) is 0. The third kappa shape index (κ3) is 4.68. The summed E-state index contributed by atoms with van der Waals surface area (Å²) in [6.45, 7) is 4.69. The minimum absolute atomic E-state index is 0.117. The second kappa shape index (κ2) is 12.3. The summed E-state index contributed by atoms with van der Waals surface area (Å²) in [5.74, 6) is 0. The van der Waals surface area contributed by atoms with Crippen LogP contribution in [0.3, 0.4) is 0 Å². The monoisotopic (exact) mass is 742 g/mol. The van der Waals surface area contributed by atoms with Crippen LogP contribution in [-0.4, -0.2) is 4.57 Å². The van der Waals surface area contributed by atoms with Crippen molar-refractivity contribution in [2.45, 2.75) is 19.3 Å². The average molecular weight is 743 g/mol. The normalized spacial score (nSPS) is 13.1. The van der Waals surface area contributed by atoms with E-state index in [1.807, 2.05) is 0 Å². The number of nitrogens with zero attached hydrogens (tertiary/aromatic N) is 2. The van der Waals surface area contributed by atoms with Gasteiger partial charge in [-0.3, -0.25) is 0 Å². The van der Waals surface area contributed by atoms with Gasteiger partial charge in [-0.05, 0) is 111 Å². The van der Waals surface area contributed by atoms with Crippen LogP contribution in [0, 0.1) is 0 Å². The van der Waals surface area contributed by atoms with Crippen LogP contribution in [0.4, 0.5) is 17.1 Å². The van der Waals surface area contributed by atoms with Crippen molar-refractivity contribution in [2.24, 2.45) is 0 Å². The SMILES string of the molecule is CC1(C)c2ccccc2-c2c(N(c3ccccc3)c3cccc4oc5ccc(-c6ccc7c(c6)c6c8ccccc8ccc6n7-c6ccccc6)cc5c34)cccc21. The third-order valence-corrected chi connectivity index (χ3v) is 12.6. The van der Waals surface area contributed by atoms with Crippen molar-refractivity contribution < 1.29 is 4.42 Å². The summed E-state index contributed by atoms with van der Waals surface area (Å²) in [6.07, 6.45) is 0. The van der Waals surface area contributed by atoms with Crippen molar-refractivity contribution in [3.05, 3.63) is 205 Å². The lowest BCUT2D eigenvalue weighted by atomic mass is 9.82. The first-order valence-corrected chi connectivity index (χ1v) is 20.1. The van der Waals surface area contributed by atoms with Gasteiger partial charge in [-0.15, -0.1) is 0 Å². The van der Waals surface area contributed by atoms with E-state index in [4.69, 9.17) is 4.42 Å². The molecule has 1 aliphatic rings. The molecule has 274 valence electrons. The van der Waals surface area contributed by atoms with Crippen molar-refractivity contribution in [1.29, 1.82) is 0 Å². The molecule has 0 saturated heterocycles. The molecule has 0 radical (unpaired) electrons. The Hall–Kier alpha value is -7.36. The van der Waals surface area contributed by atoms with E-state index in [-0.39, 0.29) is 5.41 Å². The molecule has 3 heteroatoms. The van der Waals surface area contributed by atoms with E-state index in [0.717, 1.165) is 50.3 Å². The number of hydrogen-bond donors (Lipinski definition) is 0. The smallest absolute Gasteiger partial charge is 0.137 e. The second-order valence-electron chi connectivity index (χ2n) is 16.1. The van der Waals surface area contributed by atoms with E-state index in [9.17, 15) is 0 Å². The Balaban J connectivity index is 1.09. The minimum Gasteiger partial charge on any atom is -0.456 e. The zero-order valence-electron chi connectivity index (χ0n) is 32.3. The van der Waals surface area contributed by atoms with Crippen molar-refractivity contribution >= 4 is 71.6 Å². The van der Waals surface area contributed by atoms with Crippen LogP contribution in [0.15, 0.2) is 199 Å². The van der Waals surface area contributed by atoms with E-state index < -0.39 is 0 Å². The molecule has 0 N–H and O–H groups in total. The van der Waals surface area contributed by atoms with Crippen LogP contribution in [0.5, 0.6) is 0 Å². The Bertz CT molecular complexity index is 3430. The lowest BCUT2D eigenvalue weighted by Gasteiger charge is -2.29. The molecule has 2 aromatic heterocycles. The van der Waals surface area contributed by atoms with E-state index in [2.05, 4.69) is 217 Å². The summed E-state index contributed by atoms with van der Waals surface area (Å²) in [6, 6.07) is 70.5. The molecular formula is C55H38N2O. The van der Waals surface area contributed by atoms with Gasteiger partial charge in [0.2, 0.25) is 0 Å². The summed E-state index contributed by atoms with van der Waals surface area (Å²) >= 11 is 0. The predicted molar refractivity (Wildman–Crippen MR) is 243 cm³/mol. The fourth-order valence-electron chi connectivity index (χ4n) is 9.91. The highest BCUT2D eigenvalue weighted by molar-refractivity contribution is 6.22. The molecule has 12 rings (SSSR count). The first-order chi connectivity index (χ1) is 28.5. The van der Waals surface area contributed by atoms with Crippen LogP contribution in [0.25, 0.3) is 82.5 Å². The molecule has 0 fully saturated rings. The Morgan fingerprint density at radius 2 is 1.14 bits per heavy atom. The number of fused-ring (bicyclic) bond motifs is 11. The fraction of sp³-hybridized carbons (Fsp3) is 0.0545. The van der Waals surface area contributed by atoms with Gasteiger partial charge >= 0.3 is 0 Å². The van der Waals surface area contributed by atoms with Gasteiger partial charge in [-0.2, -0.15) is 0 Å². The molecule has 58 heavy (non-hydrogen) atoms. The van der Waals surface area contributed by atoms with Gasteiger partial charge in [0, 0.05) is 38.5 Å². The molecular weight excluding hydrogens is 705 g/mol. The van der Waals surface area contributed by atoms with Gasteiger partial charge in [0.05, 0.1) is 27.8 Å². The van der Waals surface area contributed by atoms with E-state index in [1.165, 1.54) is 60.4 Å². The van der Waals surface area contributed by atoms with Crippen LogP contribution in [0.2, 0.25) is 0 Å². The Morgan fingerprint density at radius 1 is 0.466 bits per heavy atom. The molecule has 11 aromatic rings. The second-order valence-corrected chi connectivity index (χ2v) is 16.1. The molecule has 1 aliphatic carbocycles. The van der Waals surface area contributed by atoms with Gasteiger partial charge in [0.25, 0.3) is 0 Å². The summed E-state index contributed by atoms with van der Waals surface area (Å²) in [4.78, 5) is 2.44. The Kier molecular flexibility index (Phi) is 6.98. The van der Waals surface area contributed by atoms with E-state index >= 15 is 0 Å². The first kappa shape index (κ1) is 32.8. The molecule has 0 saturated carbocycles. The van der Waals surface area contributed by atoms with Crippen LogP contribution >= 0.6 is 0 Å². The molecule has 0 amide bonds. The summed E-state index contributed by atoms with van der Waals surface area (Å²) in [5.41, 5.74) is 16.1. The number of furan rings is 1. The van der Waals surface area contributed by atoms with Crippen LogP contribution in [0.1, 0.15) is 25.0 Å². The number of anilines is 3. The van der Waals surface area contributed by atoms with E-state index in [0.29, 0.717) is 0 Å². The fourth-order valence-corrected chi connectivity index (χ4v) is 9.91. The van der Waals surface area contributed by atoms with Gasteiger partial charge < -0.3 is 13.9 Å². The van der Waals surface area contributed by atoms with Crippen LogP contribution in [-0.2, 0) is 5.41 Å². The quantitative estimate of drug-likeness (QED) is 0.175. The lowest BCUT2D eigenvalue weighted by Crippen LogP contribution is -2.16. The Labute approximate surface area is 336 Å². The molecule has 0 bridgehead atoms. The third-order valence-electron chi connectivity index (χ3n) is 12.6. The van der Waals surface area contributed by atoms with Crippen molar-refractivity contribution in [3.8, 4) is 27.9 Å². The molecule has 0 unspecified atom stereocenters. The maximum atomic E-state index is 6.69. The molecule has 0 atom stereocenters. The zero-order valence-corrected chi connectivity index (χ0v) is 32.3. The number of hydrogen-bond acceptors (Lipinski definition) is 2. The van der Waals surface area contributed by atoms with Gasteiger partial charge in [0.15, 0.2) is 0 Å². The topological polar surface area (TPSA) is 21.3 Å². The maximum absolute atomic E-state index is 6.69. The minimum atomic E-state index is -0.117. The number of benzene rings is 9. The average Bonchev–Trinajstić information content (AvgIpc) is 3.90. The molecule has 3 nitrogen and oxygen atoms in total. The summed E-state index contributed by atoms with van der Waals surface area (Å²) in [5, 5.41) is 7.20. The van der Waals surface area contributed by atoms with Gasteiger partial charge in [-0.1, -0.05) is 135 Å². The number of rotatable bonds is 5. The zero-order chi connectivity index (χ0) is 38.5. The van der Waals surface area contributed by atoms with Crippen molar-refractivity contribution in [3.63, 3.8) is 0 Å². The first-order valence-electron chi connectivity index (χ1n) is 20.1. The molecule has 0 aliphatic heterocycles. The lowest BCUT2D eigenvalue weighted by molar-refractivity contribution is 0.660. The number of aromatic nitrogens is 1. The van der Waals surface area contributed by atoms with Crippen molar-refractivity contribution in [1.82, 2.24) is 4.57 Å². The Morgan fingerprint density at radius 3 is 2.00 bits per heavy atom. The highest BCUT2D eigenvalue weighted by Crippen LogP contribution is 2.55. The predicted octanol–water partition coefficient (Wildman–Crippen LogP) is 15.3. The largest absolute Gasteiger partial charge is 0.456 e. The maximum Gasteiger partial charge on any atom is 0.137 e. The standard InChI is InChI=1S/C55H38N2O/c1-55(2)44-22-12-11-21-41(44)53-45(55)23-13-24-47(53)57(39-18-7-4-8-19-39)48-25-14-26-51-54(48)43-34-37(29-32-50(43)58-51)36-28-30-46-42(33-36)52-40-20-10-9-15-35(40)27-31-49(52)56(46)38-16-5-3-6-17-38/h3-34H,1-2H3. The highest BCUT2D eigenvalue weighted by atomic mass is 16.3. The highest BCUT2D eigenvalue weighted by Gasteiger charge is 2.38.